The van der Waals surface area contributed by atoms with E-state index in [1.165, 1.54) is 12.1 Å². The molecule has 4 rings (SSSR count). The summed E-state index contributed by atoms with van der Waals surface area (Å²) in [7, 11) is -4.80. The van der Waals surface area contributed by atoms with Crippen LogP contribution in [0.3, 0.4) is 0 Å². The Balaban J connectivity index is 1.55. The average Bonchev–Trinajstić information content (AvgIpc) is 3.29. The lowest BCUT2D eigenvalue weighted by molar-refractivity contribution is -0.144. The average molecular weight is 527 g/mol. The third kappa shape index (κ3) is 5.05. The molecule has 0 atom stereocenters. The normalized spacial score (nSPS) is 12.6. The molecule has 0 saturated carbocycles. The Labute approximate surface area is 200 Å². The summed E-state index contributed by atoms with van der Waals surface area (Å²) in [6, 6.07) is 8.17. The van der Waals surface area contributed by atoms with Gasteiger partial charge < -0.3 is 9.72 Å². The van der Waals surface area contributed by atoms with Crippen molar-refractivity contribution in [1.29, 1.82) is 0 Å². The van der Waals surface area contributed by atoms with E-state index in [0.29, 0.717) is 22.8 Å². The number of imidazole rings is 1. The molecule has 0 saturated heterocycles. The van der Waals surface area contributed by atoms with E-state index in [1.807, 2.05) is 0 Å². The van der Waals surface area contributed by atoms with E-state index in [1.54, 1.807) is 35.1 Å². The molecular weight excluding hydrogens is 512 g/mol. The van der Waals surface area contributed by atoms with Crippen LogP contribution in [0, 0.1) is 0 Å². The van der Waals surface area contributed by atoms with Gasteiger partial charge in [-0.25, -0.2) is 13.4 Å². The lowest BCUT2D eigenvalue weighted by Crippen LogP contribution is -2.23. The van der Waals surface area contributed by atoms with Crippen LogP contribution in [0.25, 0.3) is 5.65 Å². The van der Waals surface area contributed by atoms with Crippen molar-refractivity contribution in [3.8, 4) is 0 Å². The van der Waals surface area contributed by atoms with Gasteiger partial charge in [0.15, 0.2) is 0 Å². The summed E-state index contributed by atoms with van der Waals surface area (Å²) in [6.45, 7) is -0.0186. The molecular formula is C23H15F6N3O3S. The van der Waals surface area contributed by atoms with Gasteiger partial charge in [0.1, 0.15) is 5.65 Å². The maximum atomic E-state index is 13.4. The summed E-state index contributed by atoms with van der Waals surface area (Å²) in [4.78, 5) is 14.6. The molecule has 188 valence electrons. The molecule has 36 heavy (non-hydrogen) atoms. The Kier molecular flexibility index (Phi) is 6.29. The largest absolute Gasteiger partial charge is 0.417 e. The van der Waals surface area contributed by atoms with Gasteiger partial charge in [-0.15, -0.1) is 0 Å². The number of sulfone groups is 1. The molecule has 1 amide bonds. The Morgan fingerprint density at radius 2 is 1.61 bits per heavy atom. The fourth-order valence-corrected chi connectivity index (χ4v) is 4.87. The van der Waals surface area contributed by atoms with Gasteiger partial charge in [-0.2, -0.15) is 26.3 Å². The molecule has 0 radical (unpaired) electrons. The number of fused-ring (bicyclic) bond motifs is 1. The highest BCUT2D eigenvalue weighted by Gasteiger charge is 2.41. The number of carbonyl (C=O) groups excluding carboxylic acids is 1. The monoisotopic (exact) mass is 527 g/mol. The molecule has 0 fully saturated rings. The summed E-state index contributed by atoms with van der Waals surface area (Å²) < 4.78 is 106. The predicted octanol–water partition coefficient (Wildman–Crippen LogP) is 5.13. The standard InChI is InChI=1S/C23H15F6N3O3S/c24-22(25,26)16-4-7-19(18(11-16)23(27,28)29)36(34,35)17-5-1-14(2-6-17)12-31-21(33)15-3-8-20-30-9-10-32(20)13-15/h1-11,13H,12H2,(H,31,33). The van der Waals surface area contributed by atoms with Gasteiger partial charge in [0.25, 0.3) is 5.91 Å². The van der Waals surface area contributed by atoms with E-state index in [4.69, 9.17) is 0 Å². The Hall–Kier alpha value is -3.87. The molecule has 4 aromatic rings. The van der Waals surface area contributed by atoms with E-state index in [0.717, 1.165) is 12.1 Å². The number of amides is 1. The number of hydrogen-bond donors (Lipinski definition) is 1. The Morgan fingerprint density at radius 3 is 2.25 bits per heavy atom. The van der Waals surface area contributed by atoms with Crippen LogP contribution in [0.15, 0.2) is 83.0 Å². The first-order valence-corrected chi connectivity index (χ1v) is 11.6. The molecule has 2 aromatic heterocycles. The van der Waals surface area contributed by atoms with E-state index < -0.39 is 49.0 Å². The molecule has 0 spiro atoms. The number of carbonyl (C=O) groups is 1. The zero-order chi connectivity index (χ0) is 26.3. The second kappa shape index (κ2) is 8.97. The third-order valence-electron chi connectivity index (χ3n) is 5.24. The van der Waals surface area contributed by atoms with Gasteiger partial charge in [-0.05, 0) is 48.0 Å². The van der Waals surface area contributed by atoms with Crippen molar-refractivity contribution in [1.82, 2.24) is 14.7 Å². The molecule has 0 aliphatic rings. The minimum Gasteiger partial charge on any atom is -0.348 e. The van der Waals surface area contributed by atoms with Crippen LogP contribution in [0.5, 0.6) is 0 Å². The van der Waals surface area contributed by atoms with Gasteiger partial charge >= 0.3 is 12.4 Å². The fraction of sp³-hybridized carbons (Fsp3) is 0.130. The quantitative estimate of drug-likeness (QED) is 0.365. The van der Waals surface area contributed by atoms with Gasteiger partial charge in [-0.3, -0.25) is 4.79 Å². The molecule has 6 nitrogen and oxygen atoms in total. The van der Waals surface area contributed by atoms with E-state index >= 15 is 0 Å². The summed E-state index contributed by atoms with van der Waals surface area (Å²) in [5.74, 6) is -0.429. The van der Waals surface area contributed by atoms with Gasteiger partial charge in [0, 0.05) is 25.1 Å². The first-order chi connectivity index (χ1) is 16.8. The summed E-state index contributed by atoms with van der Waals surface area (Å²) in [5, 5.41) is 2.63. The SMILES string of the molecule is O=C(NCc1ccc(S(=O)(=O)c2ccc(C(F)(F)F)cc2C(F)(F)F)cc1)c1ccc2nccn2c1. The van der Waals surface area contributed by atoms with Crippen molar-refractivity contribution in [2.45, 2.75) is 28.7 Å². The number of alkyl halides is 6. The number of pyridine rings is 1. The number of hydrogen-bond acceptors (Lipinski definition) is 4. The molecule has 0 aliphatic heterocycles. The van der Waals surface area contributed by atoms with Crippen LogP contribution in [0.2, 0.25) is 0 Å². The summed E-state index contributed by atoms with van der Waals surface area (Å²) in [6.07, 6.45) is -5.64. The predicted molar refractivity (Wildman–Crippen MR) is 115 cm³/mol. The number of benzene rings is 2. The van der Waals surface area contributed by atoms with Crippen LogP contribution < -0.4 is 5.32 Å². The minimum atomic E-state index is -5.34. The van der Waals surface area contributed by atoms with Gasteiger partial charge in [-0.1, -0.05) is 12.1 Å². The van der Waals surface area contributed by atoms with Crippen molar-refractivity contribution < 1.29 is 39.6 Å². The number of halogens is 6. The second-order valence-electron chi connectivity index (χ2n) is 7.65. The topological polar surface area (TPSA) is 80.5 Å². The Bertz CT molecular complexity index is 1540. The second-order valence-corrected chi connectivity index (χ2v) is 9.57. The zero-order valence-electron chi connectivity index (χ0n) is 17.9. The minimum absolute atomic E-state index is 0.0186. The highest BCUT2D eigenvalue weighted by molar-refractivity contribution is 7.91. The molecule has 13 heteroatoms. The van der Waals surface area contributed by atoms with Crippen molar-refractivity contribution >= 4 is 21.4 Å². The fourth-order valence-electron chi connectivity index (χ4n) is 3.41. The van der Waals surface area contributed by atoms with Crippen molar-refractivity contribution in [2.24, 2.45) is 0 Å². The maximum absolute atomic E-state index is 13.4. The molecule has 0 aliphatic carbocycles. The van der Waals surface area contributed by atoms with Crippen molar-refractivity contribution in [2.75, 3.05) is 0 Å². The first kappa shape index (κ1) is 25.2. The third-order valence-corrected chi connectivity index (χ3v) is 7.07. The van der Waals surface area contributed by atoms with Crippen molar-refractivity contribution in [3.63, 3.8) is 0 Å². The van der Waals surface area contributed by atoms with E-state index in [2.05, 4.69) is 10.3 Å². The summed E-state index contributed by atoms with van der Waals surface area (Å²) in [5.41, 5.74) is -2.11. The van der Waals surface area contributed by atoms with Gasteiger partial charge in [0.05, 0.1) is 26.5 Å². The smallest absolute Gasteiger partial charge is 0.348 e. The van der Waals surface area contributed by atoms with Gasteiger partial charge in [0.2, 0.25) is 9.84 Å². The number of nitrogens with zero attached hydrogens (tertiary/aromatic N) is 2. The molecule has 2 aromatic carbocycles. The number of rotatable bonds is 5. The van der Waals surface area contributed by atoms with E-state index in [-0.39, 0.29) is 18.7 Å². The van der Waals surface area contributed by atoms with Crippen LogP contribution in [-0.2, 0) is 28.7 Å². The molecule has 2 heterocycles. The number of nitrogens with one attached hydrogen (secondary N) is 1. The Morgan fingerprint density at radius 1 is 0.917 bits per heavy atom. The van der Waals surface area contributed by atoms with Crippen LogP contribution in [0.1, 0.15) is 27.0 Å². The van der Waals surface area contributed by atoms with Crippen molar-refractivity contribution in [3.05, 3.63) is 95.4 Å². The van der Waals surface area contributed by atoms with Crippen LogP contribution in [0.4, 0.5) is 26.3 Å². The lowest BCUT2D eigenvalue weighted by Gasteiger charge is -2.16. The van der Waals surface area contributed by atoms with Crippen LogP contribution >= 0.6 is 0 Å². The van der Waals surface area contributed by atoms with Crippen LogP contribution in [-0.4, -0.2) is 23.7 Å². The summed E-state index contributed by atoms with van der Waals surface area (Å²) >= 11 is 0. The molecule has 1 N–H and O–H groups in total. The molecule has 0 unspecified atom stereocenters. The lowest BCUT2D eigenvalue weighted by atomic mass is 10.1. The first-order valence-electron chi connectivity index (χ1n) is 10.1. The number of aromatic nitrogens is 2. The maximum Gasteiger partial charge on any atom is 0.417 e. The molecule has 0 bridgehead atoms. The highest BCUT2D eigenvalue weighted by atomic mass is 32.2. The highest BCUT2D eigenvalue weighted by Crippen LogP contribution is 2.40. The zero-order valence-corrected chi connectivity index (χ0v) is 18.7. The van der Waals surface area contributed by atoms with E-state index in [9.17, 15) is 39.6 Å².